The Morgan fingerprint density at radius 1 is 0.376 bits per heavy atom. The van der Waals surface area contributed by atoms with Crippen LogP contribution in [0.3, 0.4) is 0 Å². The number of allylic oxidation sites excluding steroid dienone is 9. The number of hydrogen-bond donors (Lipinski definition) is 2. The molecule has 0 aliphatic heterocycles. The molecule has 0 saturated heterocycles. The van der Waals surface area contributed by atoms with Gasteiger partial charge in [-0.1, -0.05) is 358 Å². The van der Waals surface area contributed by atoms with Crippen molar-refractivity contribution in [3.05, 3.63) is 60.8 Å². The van der Waals surface area contributed by atoms with Gasteiger partial charge in [-0.15, -0.1) is 0 Å². The largest absolute Gasteiger partial charge is 0.472 e. The first kappa shape index (κ1) is 90.7. The third-order valence-corrected chi connectivity index (χ3v) is 19.4. The van der Waals surface area contributed by atoms with Crippen LogP contribution in [0.15, 0.2) is 60.8 Å². The van der Waals surface area contributed by atoms with Crippen LogP contribution in [0.2, 0.25) is 0 Å². The van der Waals surface area contributed by atoms with Gasteiger partial charge in [-0.3, -0.25) is 18.6 Å². The zero-order valence-corrected chi connectivity index (χ0v) is 63.7. The lowest BCUT2D eigenvalue weighted by Gasteiger charge is -2.27. The van der Waals surface area contributed by atoms with Crippen molar-refractivity contribution in [1.29, 1.82) is 0 Å². The van der Waals surface area contributed by atoms with Crippen molar-refractivity contribution >= 4 is 19.7 Å². The minimum atomic E-state index is -4.46. The second-order valence-corrected chi connectivity index (χ2v) is 30.4. The van der Waals surface area contributed by atoms with Gasteiger partial charge in [-0.25, -0.2) is 4.57 Å². The highest BCUT2D eigenvalue weighted by molar-refractivity contribution is 7.47. The van der Waals surface area contributed by atoms with Gasteiger partial charge < -0.3 is 19.4 Å². The van der Waals surface area contributed by atoms with Crippen LogP contribution in [0.5, 0.6) is 0 Å². The zero-order chi connectivity index (χ0) is 67.8. The van der Waals surface area contributed by atoms with Gasteiger partial charge in [0, 0.05) is 12.8 Å². The van der Waals surface area contributed by atoms with E-state index in [0.717, 1.165) is 70.6 Å². The number of quaternary nitrogens is 1. The summed E-state index contributed by atoms with van der Waals surface area (Å²) in [6, 6.07) is -0.849. The number of unbranched alkanes of at least 4 members (excludes halogenated alkanes) is 51. The average Bonchev–Trinajstić information content (AvgIpc) is 2.15. The van der Waals surface area contributed by atoms with Crippen molar-refractivity contribution in [3.63, 3.8) is 0 Å². The molecule has 9 nitrogen and oxygen atoms in total. The molecule has 0 aliphatic rings. The van der Waals surface area contributed by atoms with Gasteiger partial charge in [0.1, 0.15) is 19.3 Å². The van der Waals surface area contributed by atoms with E-state index in [4.69, 9.17) is 13.8 Å². The fourth-order valence-corrected chi connectivity index (χ4v) is 12.9. The lowest BCUT2D eigenvalue weighted by atomic mass is 10.0. The maximum atomic E-state index is 13.7. The Balaban J connectivity index is 4.92. The minimum Gasteiger partial charge on any atom is -0.456 e. The fourth-order valence-electron chi connectivity index (χ4n) is 12.2. The summed E-state index contributed by atoms with van der Waals surface area (Å²) in [7, 11) is 1.51. The molecular formula is C83H158N2O7P+. The van der Waals surface area contributed by atoms with Gasteiger partial charge in [0.25, 0.3) is 0 Å². The number of hydrogen-bond acceptors (Lipinski definition) is 6. The molecule has 0 aromatic carbocycles. The number of esters is 1. The summed E-state index contributed by atoms with van der Waals surface area (Å²) in [5.41, 5.74) is 0. The van der Waals surface area contributed by atoms with Crippen LogP contribution in [-0.4, -0.2) is 74.3 Å². The van der Waals surface area contributed by atoms with Gasteiger partial charge in [-0.05, 0) is 96.0 Å². The molecule has 3 atom stereocenters. The molecule has 0 saturated carbocycles. The maximum absolute atomic E-state index is 13.7. The van der Waals surface area contributed by atoms with E-state index in [-0.39, 0.29) is 25.1 Å². The van der Waals surface area contributed by atoms with Crippen LogP contribution < -0.4 is 5.32 Å². The summed E-state index contributed by atoms with van der Waals surface area (Å²) in [4.78, 5) is 38.1. The predicted octanol–water partition coefficient (Wildman–Crippen LogP) is 26.5. The second kappa shape index (κ2) is 72.5. The summed E-state index contributed by atoms with van der Waals surface area (Å²) < 4.78 is 31.0. The van der Waals surface area contributed by atoms with Crippen molar-refractivity contribution < 1.29 is 37.3 Å². The normalized spacial score (nSPS) is 13.7. The van der Waals surface area contributed by atoms with Gasteiger partial charge in [0.2, 0.25) is 5.91 Å². The quantitative estimate of drug-likeness (QED) is 0.0205. The molecule has 0 aromatic heterocycles. The van der Waals surface area contributed by atoms with Crippen molar-refractivity contribution in [1.82, 2.24) is 5.32 Å². The smallest absolute Gasteiger partial charge is 0.456 e. The molecule has 546 valence electrons. The number of phosphoric ester groups is 1. The molecule has 0 fully saturated rings. The third kappa shape index (κ3) is 73.8. The predicted molar refractivity (Wildman–Crippen MR) is 406 cm³/mol. The van der Waals surface area contributed by atoms with Crippen LogP contribution in [0.25, 0.3) is 0 Å². The van der Waals surface area contributed by atoms with Crippen molar-refractivity contribution in [2.24, 2.45) is 0 Å². The molecule has 1 amide bonds. The van der Waals surface area contributed by atoms with E-state index in [0.29, 0.717) is 23.9 Å². The van der Waals surface area contributed by atoms with E-state index in [2.05, 4.69) is 80.8 Å². The molecule has 0 aliphatic carbocycles. The molecule has 10 heteroatoms. The summed E-state index contributed by atoms with van der Waals surface area (Å²) in [6.45, 7) is 7.05. The molecule has 0 rings (SSSR count). The Hall–Kier alpha value is -2.29. The summed E-state index contributed by atoms with van der Waals surface area (Å²) in [5, 5.41) is 3.09. The molecule has 93 heavy (non-hydrogen) atoms. The van der Waals surface area contributed by atoms with Gasteiger partial charge >= 0.3 is 13.8 Å². The number of likely N-dealkylation sites (N-methyl/N-ethyl adjacent to an activating group) is 1. The van der Waals surface area contributed by atoms with E-state index in [1.54, 1.807) is 0 Å². The van der Waals surface area contributed by atoms with E-state index in [1.165, 1.54) is 302 Å². The van der Waals surface area contributed by atoms with Gasteiger partial charge in [0.15, 0.2) is 0 Å². The molecular weight excluding hydrogens is 1170 g/mol. The first-order valence-electron chi connectivity index (χ1n) is 40.6. The monoisotopic (exact) mass is 1330 g/mol. The SMILES string of the molecule is CCCCC/C=C\C/C=C\C/C=C\CCCCCCCCCCCCCCCCC(=O)OC(/C=C/CCCCCCCCCCCCC)C(COP(=O)(O)OCC[N+](C)(C)C)NC(=O)CCCCCCCCCCCCCCCCCCC/C=C/CCCCCCCC. The first-order valence-corrected chi connectivity index (χ1v) is 42.1. The van der Waals surface area contributed by atoms with Crippen molar-refractivity contribution in [2.75, 3.05) is 40.9 Å². The topological polar surface area (TPSA) is 111 Å². The Labute approximate surface area is 579 Å². The first-order chi connectivity index (χ1) is 45.4. The summed E-state index contributed by atoms with van der Waals surface area (Å²) in [6.07, 6.45) is 95.4. The van der Waals surface area contributed by atoms with E-state index in [9.17, 15) is 19.0 Å². The lowest BCUT2D eigenvalue weighted by molar-refractivity contribution is -0.870. The van der Waals surface area contributed by atoms with Crippen LogP contribution in [-0.2, 0) is 27.9 Å². The molecule has 0 spiro atoms. The highest BCUT2D eigenvalue weighted by atomic mass is 31.2. The fraction of sp³-hybridized carbons (Fsp3) is 0.855. The molecule has 3 unspecified atom stereocenters. The minimum absolute atomic E-state index is 0.0417. The Morgan fingerprint density at radius 2 is 0.656 bits per heavy atom. The molecule has 0 radical (unpaired) electrons. The number of carbonyl (C=O) groups is 2. The standard InChI is InChI=1S/C83H157N2O7P/c1-7-10-13-16-19-22-25-28-30-32-34-36-38-40-42-44-46-48-50-52-54-57-60-63-66-69-72-75-82(86)84-80(79-91-93(88,89)90-78-77-85(4,5)6)81(74-71-68-65-62-59-56-27-24-21-18-15-12-9-3)92-83(87)76-73-70-67-64-61-58-55-53-51-49-47-45-43-41-39-37-35-33-31-29-26-23-20-17-14-11-8-2/h20,23,28-31,35,37,71,74,80-81H,7-19,21-22,24-27,32-34,36,38-70,72-73,75-79H2,1-6H3,(H-,84,86,88,89)/p+1/b23-20-,30-28+,31-29-,37-35-,74-71+. The van der Waals surface area contributed by atoms with Crippen LogP contribution in [0, 0.1) is 0 Å². The second-order valence-electron chi connectivity index (χ2n) is 28.9. The summed E-state index contributed by atoms with van der Waals surface area (Å²) in [5.74, 6) is -0.485. The van der Waals surface area contributed by atoms with Crippen LogP contribution in [0.1, 0.15) is 406 Å². The maximum Gasteiger partial charge on any atom is 0.472 e. The number of amides is 1. The van der Waals surface area contributed by atoms with Crippen LogP contribution >= 0.6 is 7.82 Å². The van der Waals surface area contributed by atoms with Crippen LogP contribution in [0.4, 0.5) is 0 Å². The number of nitrogens with one attached hydrogen (secondary N) is 1. The number of ether oxygens (including phenoxy) is 1. The molecule has 0 bridgehead atoms. The highest BCUT2D eigenvalue weighted by Gasteiger charge is 2.30. The Bertz CT molecular complexity index is 1770. The van der Waals surface area contributed by atoms with Crippen molar-refractivity contribution in [2.45, 2.75) is 418 Å². The lowest BCUT2D eigenvalue weighted by Crippen LogP contribution is -2.47. The van der Waals surface area contributed by atoms with Gasteiger partial charge in [-0.2, -0.15) is 0 Å². The zero-order valence-electron chi connectivity index (χ0n) is 62.8. The van der Waals surface area contributed by atoms with Crippen molar-refractivity contribution in [3.8, 4) is 0 Å². The highest BCUT2D eigenvalue weighted by Crippen LogP contribution is 2.43. The van der Waals surface area contributed by atoms with E-state index >= 15 is 0 Å². The molecule has 2 N–H and O–H groups in total. The number of nitrogens with zero attached hydrogens (tertiary/aromatic N) is 1. The average molecular weight is 1330 g/mol. The number of phosphoric acid groups is 1. The molecule has 0 heterocycles. The Kier molecular flexibility index (Phi) is 70.7. The third-order valence-electron chi connectivity index (χ3n) is 18.4. The summed E-state index contributed by atoms with van der Waals surface area (Å²) >= 11 is 0. The van der Waals surface area contributed by atoms with Gasteiger partial charge in [0.05, 0.1) is 33.8 Å². The number of rotatable bonds is 75. The van der Waals surface area contributed by atoms with E-state index < -0.39 is 20.0 Å². The number of carbonyl (C=O) groups excluding carboxylic acids is 2. The van der Waals surface area contributed by atoms with E-state index in [1.807, 2.05) is 27.2 Å². The molecule has 0 aromatic rings. The Morgan fingerprint density at radius 3 is 1.01 bits per heavy atom.